The van der Waals surface area contributed by atoms with Gasteiger partial charge in [0.05, 0.1) is 0 Å². The summed E-state index contributed by atoms with van der Waals surface area (Å²) in [6, 6.07) is 0. The van der Waals surface area contributed by atoms with Crippen LogP contribution in [0.5, 0.6) is 0 Å². The van der Waals surface area contributed by atoms with Gasteiger partial charge in [-0.3, -0.25) is 0 Å². The van der Waals surface area contributed by atoms with Gasteiger partial charge in [0.1, 0.15) is 0 Å². The Hall–Kier alpha value is -0.260. The predicted octanol–water partition coefficient (Wildman–Crippen LogP) is 4.81. The molecule has 1 atom stereocenters. The summed E-state index contributed by atoms with van der Waals surface area (Å²) in [5, 5.41) is 0. The van der Waals surface area contributed by atoms with Crippen molar-refractivity contribution in [2.24, 2.45) is 11.8 Å². The van der Waals surface area contributed by atoms with Gasteiger partial charge < -0.3 is 0 Å². The van der Waals surface area contributed by atoms with E-state index in [1.165, 1.54) is 25.7 Å². The van der Waals surface area contributed by atoms with Crippen LogP contribution in [0.25, 0.3) is 0 Å². The molecular weight excluding hydrogens is 156 g/mol. The van der Waals surface area contributed by atoms with Crippen LogP contribution in [0.15, 0.2) is 11.6 Å². The molecule has 0 rings (SSSR count). The van der Waals surface area contributed by atoms with Crippen LogP contribution < -0.4 is 0 Å². The first-order valence-electron chi connectivity index (χ1n) is 5.79. The third-order valence-corrected chi connectivity index (χ3v) is 3.17. The number of hydrogen-bond donors (Lipinski definition) is 0. The van der Waals surface area contributed by atoms with E-state index in [0.717, 1.165) is 11.8 Å². The van der Waals surface area contributed by atoms with E-state index in [2.05, 4.69) is 40.7 Å². The maximum Gasteiger partial charge on any atom is -0.0318 e. The van der Waals surface area contributed by atoms with Gasteiger partial charge in [-0.2, -0.15) is 0 Å². The Kier molecular flexibility index (Phi) is 7.03. The van der Waals surface area contributed by atoms with Crippen molar-refractivity contribution in [1.29, 1.82) is 0 Å². The van der Waals surface area contributed by atoms with Crippen molar-refractivity contribution in [3.63, 3.8) is 0 Å². The van der Waals surface area contributed by atoms with E-state index in [-0.39, 0.29) is 0 Å². The number of rotatable bonds is 6. The van der Waals surface area contributed by atoms with Gasteiger partial charge in [0.25, 0.3) is 0 Å². The van der Waals surface area contributed by atoms with Gasteiger partial charge in [-0.25, -0.2) is 0 Å². The van der Waals surface area contributed by atoms with Crippen molar-refractivity contribution >= 4 is 0 Å². The lowest BCUT2D eigenvalue weighted by atomic mass is 9.87. The summed E-state index contributed by atoms with van der Waals surface area (Å²) in [7, 11) is 0. The predicted molar refractivity (Wildman–Crippen MR) is 61.9 cm³/mol. The molecule has 0 saturated carbocycles. The molecule has 0 bridgehead atoms. The SMILES string of the molecule is C/C=C(/CC)CCC(CC)C(C)C. The van der Waals surface area contributed by atoms with E-state index in [0.29, 0.717) is 0 Å². The van der Waals surface area contributed by atoms with Crippen molar-refractivity contribution in [2.45, 2.75) is 60.3 Å². The molecule has 0 aromatic carbocycles. The van der Waals surface area contributed by atoms with Crippen molar-refractivity contribution in [1.82, 2.24) is 0 Å². The first-order valence-corrected chi connectivity index (χ1v) is 5.79. The van der Waals surface area contributed by atoms with Crippen molar-refractivity contribution in [3.8, 4) is 0 Å². The zero-order valence-corrected chi connectivity index (χ0v) is 10.1. The number of hydrogen-bond acceptors (Lipinski definition) is 0. The van der Waals surface area contributed by atoms with Crippen LogP contribution in [-0.2, 0) is 0 Å². The van der Waals surface area contributed by atoms with Gasteiger partial charge in [-0.05, 0) is 38.0 Å². The summed E-state index contributed by atoms with van der Waals surface area (Å²) < 4.78 is 0. The first kappa shape index (κ1) is 12.7. The molecular formula is C13H26. The largest absolute Gasteiger partial charge is 0.0885 e. The fourth-order valence-electron chi connectivity index (χ4n) is 1.90. The van der Waals surface area contributed by atoms with Gasteiger partial charge in [0.15, 0.2) is 0 Å². The molecule has 0 heteroatoms. The molecule has 0 saturated heterocycles. The molecule has 0 radical (unpaired) electrons. The highest BCUT2D eigenvalue weighted by atomic mass is 14.2. The van der Waals surface area contributed by atoms with Gasteiger partial charge in [0.2, 0.25) is 0 Å². The molecule has 0 fully saturated rings. The van der Waals surface area contributed by atoms with Gasteiger partial charge in [-0.1, -0.05) is 45.8 Å². The molecule has 0 heterocycles. The number of allylic oxidation sites excluding steroid dienone is 2. The Bertz CT molecular complexity index is 142. The monoisotopic (exact) mass is 182 g/mol. The van der Waals surface area contributed by atoms with Crippen molar-refractivity contribution < 1.29 is 0 Å². The van der Waals surface area contributed by atoms with Crippen LogP contribution in [0.2, 0.25) is 0 Å². The quantitative estimate of drug-likeness (QED) is 0.517. The standard InChI is InChI=1S/C13H26/c1-6-12(7-2)9-10-13(8-3)11(4)5/h6,11,13H,7-10H2,1-5H3/b12-6-. The topological polar surface area (TPSA) is 0 Å². The van der Waals surface area contributed by atoms with Crippen LogP contribution in [0.1, 0.15) is 60.3 Å². The second kappa shape index (κ2) is 7.17. The average molecular weight is 182 g/mol. The van der Waals surface area contributed by atoms with Crippen LogP contribution in [0.4, 0.5) is 0 Å². The molecule has 0 nitrogen and oxygen atoms in total. The maximum atomic E-state index is 2.34. The Morgan fingerprint density at radius 3 is 2.15 bits per heavy atom. The molecule has 0 aliphatic carbocycles. The lowest BCUT2D eigenvalue weighted by Crippen LogP contribution is -2.07. The van der Waals surface area contributed by atoms with Gasteiger partial charge >= 0.3 is 0 Å². The fourth-order valence-corrected chi connectivity index (χ4v) is 1.90. The van der Waals surface area contributed by atoms with Crippen LogP contribution in [-0.4, -0.2) is 0 Å². The molecule has 0 amide bonds. The minimum absolute atomic E-state index is 0.847. The fraction of sp³-hybridized carbons (Fsp3) is 0.846. The molecule has 0 aliphatic heterocycles. The summed E-state index contributed by atoms with van der Waals surface area (Å²) in [4.78, 5) is 0. The molecule has 1 unspecified atom stereocenters. The Morgan fingerprint density at radius 2 is 1.85 bits per heavy atom. The van der Waals surface area contributed by atoms with E-state index < -0.39 is 0 Å². The van der Waals surface area contributed by atoms with E-state index in [1.807, 2.05) is 0 Å². The van der Waals surface area contributed by atoms with Gasteiger partial charge in [0, 0.05) is 0 Å². The molecule has 0 aliphatic rings. The Morgan fingerprint density at radius 1 is 1.23 bits per heavy atom. The van der Waals surface area contributed by atoms with E-state index in [4.69, 9.17) is 0 Å². The first-order chi connectivity index (χ1) is 6.15. The zero-order valence-electron chi connectivity index (χ0n) is 10.1. The van der Waals surface area contributed by atoms with Crippen LogP contribution >= 0.6 is 0 Å². The highest BCUT2D eigenvalue weighted by Crippen LogP contribution is 2.23. The van der Waals surface area contributed by atoms with E-state index in [1.54, 1.807) is 5.57 Å². The molecule has 0 aromatic heterocycles. The summed E-state index contributed by atoms with van der Waals surface area (Å²) >= 11 is 0. The molecule has 0 N–H and O–H groups in total. The van der Waals surface area contributed by atoms with E-state index >= 15 is 0 Å². The van der Waals surface area contributed by atoms with Crippen LogP contribution in [0.3, 0.4) is 0 Å². The Labute approximate surface area is 84.4 Å². The lowest BCUT2D eigenvalue weighted by molar-refractivity contribution is 0.348. The molecule has 0 spiro atoms. The summed E-state index contributed by atoms with van der Waals surface area (Å²) in [6.07, 6.45) is 7.53. The minimum Gasteiger partial charge on any atom is -0.0885 e. The molecule has 78 valence electrons. The molecule has 0 aromatic rings. The zero-order chi connectivity index (χ0) is 10.3. The minimum atomic E-state index is 0.847. The highest BCUT2D eigenvalue weighted by Gasteiger charge is 2.10. The summed E-state index contributed by atoms with van der Waals surface area (Å²) in [5.74, 6) is 1.77. The van der Waals surface area contributed by atoms with Crippen LogP contribution in [0, 0.1) is 11.8 Å². The Balaban J connectivity index is 3.84. The van der Waals surface area contributed by atoms with Crippen molar-refractivity contribution in [3.05, 3.63) is 11.6 Å². The second-order valence-electron chi connectivity index (χ2n) is 4.25. The summed E-state index contributed by atoms with van der Waals surface area (Å²) in [6.45, 7) is 11.4. The maximum absolute atomic E-state index is 2.34. The third kappa shape index (κ3) is 5.13. The average Bonchev–Trinajstić information content (AvgIpc) is 2.12. The second-order valence-corrected chi connectivity index (χ2v) is 4.25. The lowest BCUT2D eigenvalue weighted by Gasteiger charge is -2.19. The highest BCUT2D eigenvalue weighted by molar-refractivity contribution is 4.99. The smallest absolute Gasteiger partial charge is 0.0318 e. The van der Waals surface area contributed by atoms with Crippen molar-refractivity contribution in [2.75, 3.05) is 0 Å². The third-order valence-electron chi connectivity index (χ3n) is 3.17. The normalized spacial score (nSPS) is 15.1. The van der Waals surface area contributed by atoms with Gasteiger partial charge in [-0.15, -0.1) is 0 Å². The summed E-state index contributed by atoms with van der Waals surface area (Å²) in [5.41, 5.74) is 1.62. The van der Waals surface area contributed by atoms with E-state index in [9.17, 15) is 0 Å². The molecule has 13 heavy (non-hydrogen) atoms.